The topological polar surface area (TPSA) is 72.2 Å². The number of halogens is 1. The van der Waals surface area contributed by atoms with Gasteiger partial charge in [-0.15, -0.1) is 0 Å². The molecule has 5 nitrogen and oxygen atoms in total. The van der Waals surface area contributed by atoms with Crippen LogP contribution in [0.3, 0.4) is 0 Å². The molecule has 2 aromatic carbocycles. The molecule has 0 aliphatic rings. The summed E-state index contributed by atoms with van der Waals surface area (Å²) in [4.78, 5) is 21.8. The second-order valence-corrected chi connectivity index (χ2v) is 4.18. The van der Waals surface area contributed by atoms with Crippen molar-refractivity contribution >= 4 is 23.4 Å². The van der Waals surface area contributed by atoms with Gasteiger partial charge in [0.25, 0.3) is 5.69 Å². The number of rotatable bonds is 4. The Morgan fingerprint density at radius 3 is 2.57 bits per heavy atom. The molecule has 0 radical (unpaired) electrons. The number of non-ortho nitro benzene ring substituents is 1. The number of nitrogens with zero attached hydrogens (tertiary/aromatic N) is 1. The summed E-state index contributed by atoms with van der Waals surface area (Å²) in [6.45, 7) is 0. The van der Waals surface area contributed by atoms with Gasteiger partial charge in [0.1, 0.15) is 5.82 Å². The molecular formula is C15H11FN2O3. The van der Waals surface area contributed by atoms with Crippen LogP contribution >= 0.6 is 0 Å². The first kappa shape index (κ1) is 14.4. The highest BCUT2D eigenvalue weighted by Crippen LogP contribution is 2.14. The number of nitro groups is 1. The Balaban J connectivity index is 2.03. The van der Waals surface area contributed by atoms with Crippen molar-refractivity contribution in [1.29, 1.82) is 0 Å². The van der Waals surface area contributed by atoms with Crippen LogP contribution in [0.5, 0.6) is 0 Å². The van der Waals surface area contributed by atoms with Gasteiger partial charge in [0.2, 0.25) is 5.91 Å². The lowest BCUT2D eigenvalue weighted by Crippen LogP contribution is -2.07. The van der Waals surface area contributed by atoms with Gasteiger partial charge in [0.15, 0.2) is 0 Å². The normalized spacial score (nSPS) is 10.5. The van der Waals surface area contributed by atoms with E-state index in [4.69, 9.17) is 0 Å². The van der Waals surface area contributed by atoms with Gasteiger partial charge in [-0.2, -0.15) is 0 Å². The van der Waals surface area contributed by atoms with Crippen LogP contribution in [0.4, 0.5) is 15.8 Å². The average molecular weight is 286 g/mol. The van der Waals surface area contributed by atoms with Crippen molar-refractivity contribution in [3.05, 3.63) is 76.1 Å². The molecule has 0 saturated carbocycles. The molecule has 0 aliphatic heterocycles. The highest BCUT2D eigenvalue weighted by molar-refractivity contribution is 6.01. The zero-order valence-electron chi connectivity index (χ0n) is 10.8. The number of benzene rings is 2. The highest BCUT2D eigenvalue weighted by atomic mass is 19.1. The first-order valence-electron chi connectivity index (χ1n) is 6.04. The Bertz CT molecular complexity index is 696. The number of carbonyl (C=O) groups excluding carboxylic acids is 1. The van der Waals surface area contributed by atoms with Crippen molar-refractivity contribution in [2.24, 2.45) is 0 Å². The Kier molecular flexibility index (Phi) is 4.40. The maximum absolute atomic E-state index is 12.7. The number of nitrogens with one attached hydrogen (secondary N) is 1. The summed E-state index contributed by atoms with van der Waals surface area (Å²) in [6.07, 6.45) is 2.72. The van der Waals surface area contributed by atoms with Crippen molar-refractivity contribution in [3.63, 3.8) is 0 Å². The minimum Gasteiger partial charge on any atom is -0.323 e. The van der Waals surface area contributed by atoms with Crippen molar-refractivity contribution in [3.8, 4) is 0 Å². The summed E-state index contributed by atoms with van der Waals surface area (Å²) in [7, 11) is 0. The molecule has 0 atom stereocenters. The zero-order chi connectivity index (χ0) is 15.2. The third-order valence-corrected chi connectivity index (χ3v) is 2.62. The van der Waals surface area contributed by atoms with E-state index in [9.17, 15) is 19.3 Å². The third-order valence-electron chi connectivity index (χ3n) is 2.62. The molecular weight excluding hydrogens is 275 g/mol. The first-order valence-corrected chi connectivity index (χ1v) is 6.04. The van der Waals surface area contributed by atoms with Crippen LogP contribution in [0.1, 0.15) is 5.56 Å². The van der Waals surface area contributed by atoms with Gasteiger partial charge < -0.3 is 5.32 Å². The van der Waals surface area contributed by atoms with E-state index in [1.165, 1.54) is 54.6 Å². The van der Waals surface area contributed by atoms with E-state index < -0.39 is 10.8 Å². The highest BCUT2D eigenvalue weighted by Gasteiger charge is 2.04. The van der Waals surface area contributed by atoms with Crippen molar-refractivity contribution in [2.45, 2.75) is 0 Å². The van der Waals surface area contributed by atoms with E-state index >= 15 is 0 Å². The van der Waals surface area contributed by atoms with E-state index in [1.54, 1.807) is 6.07 Å². The number of carbonyl (C=O) groups is 1. The molecule has 1 N–H and O–H groups in total. The van der Waals surface area contributed by atoms with Gasteiger partial charge in [0, 0.05) is 23.9 Å². The zero-order valence-corrected chi connectivity index (χ0v) is 10.8. The monoisotopic (exact) mass is 286 g/mol. The lowest BCUT2D eigenvalue weighted by molar-refractivity contribution is -0.384. The molecule has 0 saturated heterocycles. The fourth-order valence-corrected chi connectivity index (χ4v) is 1.63. The summed E-state index contributed by atoms with van der Waals surface area (Å²) >= 11 is 0. The SMILES string of the molecule is O=C(C=Cc1cccc([N+](=O)[O-])c1)Nc1ccc(F)cc1. The van der Waals surface area contributed by atoms with E-state index in [0.717, 1.165) is 0 Å². The minimum absolute atomic E-state index is 0.0453. The van der Waals surface area contributed by atoms with Crippen LogP contribution in [-0.2, 0) is 4.79 Å². The molecule has 0 unspecified atom stereocenters. The third kappa shape index (κ3) is 4.24. The summed E-state index contributed by atoms with van der Waals surface area (Å²) in [5, 5.41) is 13.2. The minimum atomic E-state index is -0.504. The summed E-state index contributed by atoms with van der Waals surface area (Å²) < 4.78 is 12.7. The molecule has 0 aromatic heterocycles. The summed E-state index contributed by atoms with van der Waals surface area (Å²) in [5.74, 6) is -0.798. The molecule has 2 rings (SSSR count). The number of hydrogen-bond donors (Lipinski definition) is 1. The van der Waals surface area contributed by atoms with Crippen molar-refractivity contribution in [2.75, 3.05) is 5.32 Å². The van der Waals surface area contributed by atoms with Crippen LogP contribution in [0, 0.1) is 15.9 Å². The number of hydrogen-bond acceptors (Lipinski definition) is 3. The Morgan fingerprint density at radius 1 is 1.19 bits per heavy atom. The molecule has 0 heterocycles. The molecule has 0 bridgehead atoms. The van der Waals surface area contributed by atoms with E-state index in [1.807, 2.05) is 0 Å². The smallest absolute Gasteiger partial charge is 0.270 e. The molecule has 0 aliphatic carbocycles. The molecule has 1 amide bonds. The van der Waals surface area contributed by atoms with Crippen LogP contribution in [0.2, 0.25) is 0 Å². The van der Waals surface area contributed by atoms with E-state index in [-0.39, 0.29) is 11.5 Å². The fourth-order valence-electron chi connectivity index (χ4n) is 1.63. The molecule has 21 heavy (non-hydrogen) atoms. The molecule has 0 spiro atoms. The summed E-state index contributed by atoms with van der Waals surface area (Å²) in [6, 6.07) is 11.3. The van der Waals surface area contributed by atoms with Crippen molar-refractivity contribution < 1.29 is 14.1 Å². The largest absolute Gasteiger partial charge is 0.323 e. The van der Waals surface area contributed by atoms with Gasteiger partial charge in [-0.1, -0.05) is 12.1 Å². The van der Waals surface area contributed by atoms with E-state index in [2.05, 4.69) is 5.32 Å². The predicted octanol–water partition coefficient (Wildman–Crippen LogP) is 3.39. The van der Waals surface area contributed by atoms with Gasteiger partial charge in [-0.05, 0) is 35.9 Å². The summed E-state index contributed by atoms with van der Waals surface area (Å²) in [5.41, 5.74) is 0.958. The van der Waals surface area contributed by atoms with Gasteiger partial charge in [-0.25, -0.2) is 4.39 Å². The van der Waals surface area contributed by atoms with Crippen LogP contribution in [0.15, 0.2) is 54.6 Å². The lowest BCUT2D eigenvalue weighted by atomic mass is 10.2. The van der Waals surface area contributed by atoms with Crippen LogP contribution in [0.25, 0.3) is 6.08 Å². The maximum atomic E-state index is 12.7. The first-order chi connectivity index (χ1) is 10.0. The van der Waals surface area contributed by atoms with E-state index in [0.29, 0.717) is 11.3 Å². The second-order valence-electron chi connectivity index (χ2n) is 4.18. The molecule has 2 aromatic rings. The number of anilines is 1. The quantitative estimate of drug-likeness (QED) is 0.532. The van der Waals surface area contributed by atoms with Gasteiger partial charge in [-0.3, -0.25) is 14.9 Å². The number of nitro benzene ring substituents is 1. The maximum Gasteiger partial charge on any atom is 0.270 e. The Morgan fingerprint density at radius 2 is 1.90 bits per heavy atom. The Labute approximate surface area is 119 Å². The van der Waals surface area contributed by atoms with Crippen LogP contribution < -0.4 is 5.32 Å². The standard InChI is InChI=1S/C15H11FN2O3/c16-12-5-7-13(8-6-12)17-15(19)9-4-11-2-1-3-14(10-11)18(20)21/h1-10H,(H,17,19). The lowest BCUT2D eigenvalue weighted by Gasteiger charge is -2.01. The average Bonchev–Trinajstić information content (AvgIpc) is 2.48. The molecule has 0 fully saturated rings. The van der Waals surface area contributed by atoms with Crippen LogP contribution in [-0.4, -0.2) is 10.8 Å². The second kappa shape index (κ2) is 6.42. The van der Waals surface area contributed by atoms with Gasteiger partial charge in [0.05, 0.1) is 4.92 Å². The van der Waals surface area contributed by atoms with Gasteiger partial charge >= 0.3 is 0 Å². The van der Waals surface area contributed by atoms with Crippen molar-refractivity contribution in [1.82, 2.24) is 0 Å². The fraction of sp³-hybridized carbons (Fsp3) is 0. The molecule has 6 heteroatoms. The number of amides is 1. The predicted molar refractivity (Wildman–Crippen MR) is 77.2 cm³/mol. The Hall–Kier alpha value is -3.02. The molecule has 106 valence electrons.